The monoisotopic (exact) mass is 448 g/mol. The molecule has 1 aliphatic rings. The van der Waals surface area contributed by atoms with Crippen LogP contribution in [-0.2, 0) is 19.5 Å². The van der Waals surface area contributed by atoms with Crippen molar-refractivity contribution in [2.75, 3.05) is 46.6 Å². The minimum absolute atomic E-state index is 0.0342. The van der Waals surface area contributed by atoms with Crippen LogP contribution in [0.2, 0.25) is 0 Å². The topological polar surface area (TPSA) is 111 Å². The Kier molecular flexibility index (Phi) is 7.61. The molecule has 2 aromatic carbocycles. The molecule has 1 N–H and O–H groups in total. The maximum atomic E-state index is 12.8. The predicted molar refractivity (Wildman–Crippen MR) is 112 cm³/mol. The van der Waals surface area contributed by atoms with Crippen LogP contribution < -0.4 is 10.1 Å². The molecule has 1 heterocycles. The van der Waals surface area contributed by atoms with E-state index in [0.29, 0.717) is 24.5 Å². The molecule has 0 unspecified atom stereocenters. The Balaban J connectivity index is 1.54. The van der Waals surface area contributed by atoms with Gasteiger partial charge in [-0.2, -0.15) is 4.31 Å². The van der Waals surface area contributed by atoms with E-state index in [1.54, 1.807) is 24.3 Å². The molecule has 9 nitrogen and oxygen atoms in total. The third-order valence-electron chi connectivity index (χ3n) is 4.63. The van der Waals surface area contributed by atoms with Gasteiger partial charge in [0.25, 0.3) is 5.91 Å². The third kappa shape index (κ3) is 5.81. The number of methoxy groups -OCH3 is 1. The van der Waals surface area contributed by atoms with Gasteiger partial charge in [0.05, 0.1) is 37.3 Å². The average molecular weight is 448 g/mol. The van der Waals surface area contributed by atoms with Crippen LogP contribution in [0.4, 0.5) is 0 Å². The van der Waals surface area contributed by atoms with E-state index < -0.39 is 21.9 Å². The Morgan fingerprint density at radius 2 is 1.77 bits per heavy atom. The van der Waals surface area contributed by atoms with E-state index in [1.807, 2.05) is 0 Å². The molecular formula is C21H24N2O7S. The number of carbonyl (C=O) groups is 2. The fraction of sp³-hybridized carbons (Fsp3) is 0.333. The fourth-order valence-electron chi connectivity index (χ4n) is 2.98. The van der Waals surface area contributed by atoms with E-state index in [9.17, 15) is 18.0 Å². The second-order valence-corrected chi connectivity index (χ2v) is 8.61. The Morgan fingerprint density at radius 3 is 2.52 bits per heavy atom. The van der Waals surface area contributed by atoms with Crippen molar-refractivity contribution in [3.8, 4) is 5.75 Å². The number of rotatable bonds is 8. The molecule has 0 aromatic heterocycles. The summed E-state index contributed by atoms with van der Waals surface area (Å²) in [5.41, 5.74) is 0.542. The molecule has 0 aliphatic carbocycles. The molecule has 0 saturated carbocycles. The van der Waals surface area contributed by atoms with Gasteiger partial charge >= 0.3 is 5.97 Å². The van der Waals surface area contributed by atoms with E-state index >= 15 is 0 Å². The van der Waals surface area contributed by atoms with Crippen molar-refractivity contribution < 1.29 is 32.2 Å². The minimum atomic E-state index is -3.70. The SMILES string of the molecule is COc1cccc(C(=O)OCCNC(=O)c2cccc(S(=O)(=O)N3CCOCC3)c2)c1. The highest BCUT2D eigenvalue weighted by Gasteiger charge is 2.26. The largest absolute Gasteiger partial charge is 0.497 e. The number of nitrogens with zero attached hydrogens (tertiary/aromatic N) is 1. The van der Waals surface area contributed by atoms with E-state index in [2.05, 4.69) is 5.32 Å². The molecule has 2 aromatic rings. The first kappa shape index (κ1) is 22.7. The van der Waals surface area contributed by atoms with Crippen molar-refractivity contribution in [2.45, 2.75) is 4.90 Å². The summed E-state index contributed by atoms with van der Waals surface area (Å²) in [6, 6.07) is 12.4. The average Bonchev–Trinajstić information content (AvgIpc) is 2.82. The molecule has 1 saturated heterocycles. The predicted octanol–water partition coefficient (Wildman–Crippen LogP) is 1.30. The standard InChI is InChI=1S/C21H24N2O7S/c1-28-18-6-2-5-17(14-18)21(25)30-11-8-22-20(24)16-4-3-7-19(15-16)31(26,27)23-9-12-29-13-10-23/h2-7,14-15H,8-13H2,1H3,(H,22,24). The number of hydrogen-bond acceptors (Lipinski definition) is 7. The number of sulfonamides is 1. The van der Waals surface area contributed by atoms with Crippen molar-refractivity contribution in [3.05, 3.63) is 59.7 Å². The summed E-state index contributed by atoms with van der Waals surface area (Å²) in [5, 5.41) is 2.62. The van der Waals surface area contributed by atoms with Crippen LogP contribution >= 0.6 is 0 Å². The molecule has 1 aliphatic heterocycles. The summed E-state index contributed by atoms with van der Waals surface area (Å²) < 4.78 is 42.2. The molecule has 0 radical (unpaired) electrons. The number of carbonyl (C=O) groups excluding carboxylic acids is 2. The van der Waals surface area contributed by atoms with Crippen molar-refractivity contribution in [1.29, 1.82) is 0 Å². The first-order valence-electron chi connectivity index (χ1n) is 9.69. The molecule has 1 fully saturated rings. The smallest absolute Gasteiger partial charge is 0.338 e. The van der Waals surface area contributed by atoms with Crippen LogP contribution in [-0.4, -0.2) is 71.2 Å². The molecule has 10 heteroatoms. The van der Waals surface area contributed by atoms with Crippen LogP contribution in [0, 0.1) is 0 Å². The number of esters is 1. The van der Waals surface area contributed by atoms with Gasteiger partial charge in [-0.1, -0.05) is 12.1 Å². The lowest BCUT2D eigenvalue weighted by atomic mass is 10.2. The van der Waals surface area contributed by atoms with Gasteiger partial charge in [0.1, 0.15) is 12.4 Å². The van der Waals surface area contributed by atoms with E-state index in [1.165, 1.54) is 35.7 Å². The van der Waals surface area contributed by atoms with Gasteiger partial charge in [-0.15, -0.1) is 0 Å². The van der Waals surface area contributed by atoms with E-state index in [4.69, 9.17) is 14.2 Å². The van der Waals surface area contributed by atoms with Gasteiger partial charge < -0.3 is 19.5 Å². The van der Waals surface area contributed by atoms with Gasteiger partial charge in [-0.3, -0.25) is 4.79 Å². The summed E-state index contributed by atoms with van der Waals surface area (Å²) in [7, 11) is -2.20. The zero-order valence-electron chi connectivity index (χ0n) is 17.1. The molecule has 0 spiro atoms. The maximum absolute atomic E-state index is 12.8. The number of benzene rings is 2. The molecule has 31 heavy (non-hydrogen) atoms. The Bertz CT molecular complexity index is 1030. The number of amides is 1. The van der Waals surface area contributed by atoms with Crippen LogP contribution in [0.1, 0.15) is 20.7 Å². The first-order valence-corrected chi connectivity index (χ1v) is 11.1. The van der Waals surface area contributed by atoms with Gasteiger partial charge in [0.15, 0.2) is 0 Å². The number of ether oxygens (including phenoxy) is 3. The van der Waals surface area contributed by atoms with Gasteiger partial charge in [-0.25, -0.2) is 13.2 Å². The lowest BCUT2D eigenvalue weighted by molar-refractivity contribution is 0.0503. The fourth-order valence-corrected chi connectivity index (χ4v) is 4.43. The normalized spacial score (nSPS) is 14.6. The van der Waals surface area contributed by atoms with Gasteiger partial charge in [0.2, 0.25) is 10.0 Å². The van der Waals surface area contributed by atoms with Crippen LogP contribution in [0.3, 0.4) is 0 Å². The van der Waals surface area contributed by atoms with Crippen LogP contribution in [0.15, 0.2) is 53.4 Å². The summed E-state index contributed by atoms with van der Waals surface area (Å²) in [5.74, 6) is -0.460. The molecule has 166 valence electrons. The molecule has 1 amide bonds. The van der Waals surface area contributed by atoms with E-state index in [0.717, 1.165) is 0 Å². The minimum Gasteiger partial charge on any atom is -0.497 e. The molecular weight excluding hydrogens is 424 g/mol. The van der Waals surface area contributed by atoms with Crippen molar-refractivity contribution in [3.63, 3.8) is 0 Å². The number of nitrogens with one attached hydrogen (secondary N) is 1. The third-order valence-corrected chi connectivity index (χ3v) is 6.52. The van der Waals surface area contributed by atoms with Crippen molar-refractivity contribution in [2.24, 2.45) is 0 Å². The Hall–Kier alpha value is -2.95. The number of morpholine rings is 1. The zero-order valence-corrected chi connectivity index (χ0v) is 17.9. The second-order valence-electron chi connectivity index (χ2n) is 6.67. The van der Waals surface area contributed by atoms with Crippen LogP contribution in [0.25, 0.3) is 0 Å². The first-order chi connectivity index (χ1) is 14.9. The quantitative estimate of drug-likeness (QED) is 0.479. The van der Waals surface area contributed by atoms with Crippen molar-refractivity contribution >= 4 is 21.9 Å². The molecule has 3 rings (SSSR count). The summed E-state index contributed by atoms with van der Waals surface area (Å²) in [6.45, 7) is 1.28. The lowest BCUT2D eigenvalue weighted by Gasteiger charge is -2.26. The maximum Gasteiger partial charge on any atom is 0.338 e. The highest BCUT2D eigenvalue weighted by Crippen LogP contribution is 2.18. The Labute approximate surface area is 181 Å². The zero-order chi connectivity index (χ0) is 22.3. The highest BCUT2D eigenvalue weighted by atomic mass is 32.2. The summed E-state index contributed by atoms with van der Waals surface area (Å²) >= 11 is 0. The van der Waals surface area contributed by atoms with Crippen LogP contribution in [0.5, 0.6) is 5.75 Å². The van der Waals surface area contributed by atoms with E-state index in [-0.39, 0.29) is 36.7 Å². The van der Waals surface area contributed by atoms with Crippen molar-refractivity contribution in [1.82, 2.24) is 9.62 Å². The lowest BCUT2D eigenvalue weighted by Crippen LogP contribution is -2.40. The molecule has 0 bridgehead atoms. The summed E-state index contributed by atoms with van der Waals surface area (Å²) in [4.78, 5) is 24.5. The molecule has 0 atom stereocenters. The summed E-state index contributed by atoms with van der Waals surface area (Å²) in [6.07, 6.45) is 0. The second kappa shape index (κ2) is 10.4. The Morgan fingerprint density at radius 1 is 1.06 bits per heavy atom. The van der Waals surface area contributed by atoms with Gasteiger partial charge in [-0.05, 0) is 36.4 Å². The number of hydrogen-bond donors (Lipinski definition) is 1. The highest BCUT2D eigenvalue weighted by molar-refractivity contribution is 7.89. The van der Waals surface area contributed by atoms with Gasteiger partial charge in [0, 0.05) is 18.7 Å².